The minimum Gasteiger partial charge on any atom is -0.351 e. The number of likely N-dealkylation sites (tertiary alicyclic amines) is 1. The Morgan fingerprint density at radius 2 is 1.83 bits per heavy atom. The number of halogens is 1. The average Bonchev–Trinajstić information content (AvgIpc) is 3.41. The molecule has 2 saturated heterocycles. The van der Waals surface area contributed by atoms with Gasteiger partial charge in [0.1, 0.15) is 0 Å². The zero-order valence-electron chi connectivity index (χ0n) is 24.9. The number of piperidine rings is 2. The summed E-state index contributed by atoms with van der Waals surface area (Å²) < 4.78 is 43.1. The van der Waals surface area contributed by atoms with Gasteiger partial charge in [0.05, 0.1) is 32.7 Å². The summed E-state index contributed by atoms with van der Waals surface area (Å²) in [6, 6.07) is 7.50. The molecule has 42 heavy (non-hydrogen) atoms. The van der Waals surface area contributed by atoms with E-state index in [0.717, 1.165) is 48.9 Å². The molecule has 0 radical (unpaired) electrons. The van der Waals surface area contributed by atoms with Gasteiger partial charge in [0.25, 0.3) is 0 Å². The lowest BCUT2D eigenvalue weighted by molar-refractivity contribution is 0.130. The van der Waals surface area contributed by atoms with E-state index in [-0.39, 0.29) is 28.5 Å². The first-order valence-electron chi connectivity index (χ1n) is 14.9. The molecule has 5 rings (SSSR count). The number of benzene rings is 1. The van der Waals surface area contributed by atoms with Crippen LogP contribution in [0, 0.1) is 5.82 Å². The number of rotatable bonds is 9. The van der Waals surface area contributed by atoms with Crippen molar-refractivity contribution in [2.24, 2.45) is 0 Å². The number of hydrogen-bond donors (Lipinski definition) is 3. The highest BCUT2D eigenvalue weighted by Gasteiger charge is 2.28. The van der Waals surface area contributed by atoms with Crippen molar-refractivity contribution < 1.29 is 12.8 Å². The molecular formula is C30H42FN7O2S2. The molecule has 2 aliphatic rings. The summed E-state index contributed by atoms with van der Waals surface area (Å²) in [7, 11) is -3.66. The van der Waals surface area contributed by atoms with Gasteiger partial charge in [-0.2, -0.15) is 0 Å². The summed E-state index contributed by atoms with van der Waals surface area (Å²) in [5, 5.41) is 7.83. The summed E-state index contributed by atoms with van der Waals surface area (Å²) >= 11 is 1.47. The first kappa shape index (κ1) is 30.8. The molecule has 4 heterocycles. The van der Waals surface area contributed by atoms with E-state index in [1.807, 2.05) is 6.07 Å². The molecule has 0 spiro atoms. The van der Waals surface area contributed by atoms with E-state index < -0.39 is 15.8 Å². The third-order valence-corrected chi connectivity index (χ3v) is 10.8. The third kappa shape index (κ3) is 7.27. The Bertz CT molecular complexity index is 1480. The molecule has 3 aromatic rings. The molecule has 2 fully saturated rings. The van der Waals surface area contributed by atoms with Gasteiger partial charge in [0, 0.05) is 42.3 Å². The highest BCUT2D eigenvalue weighted by molar-refractivity contribution is 7.92. The van der Waals surface area contributed by atoms with Crippen molar-refractivity contribution in [3.8, 4) is 21.8 Å². The largest absolute Gasteiger partial charge is 0.351 e. The maximum atomic E-state index is 15.9. The molecule has 0 bridgehead atoms. The van der Waals surface area contributed by atoms with Crippen LogP contribution in [0.15, 0.2) is 30.5 Å². The van der Waals surface area contributed by atoms with Crippen LogP contribution in [0.25, 0.3) is 21.8 Å². The Balaban J connectivity index is 1.40. The molecule has 3 N–H and O–H groups in total. The van der Waals surface area contributed by atoms with Gasteiger partial charge in [-0.15, -0.1) is 11.3 Å². The highest BCUT2D eigenvalue weighted by atomic mass is 32.2. The first-order valence-corrected chi connectivity index (χ1v) is 17.4. The average molecular weight is 616 g/mol. The Morgan fingerprint density at radius 3 is 2.52 bits per heavy atom. The van der Waals surface area contributed by atoms with Crippen LogP contribution in [-0.2, 0) is 15.4 Å². The molecule has 9 nitrogen and oxygen atoms in total. The van der Waals surface area contributed by atoms with E-state index in [9.17, 15) is 8.42 Å². The van der Waals surface area contributed by atoms with E-state index in [1.54, 1.807) is 25.3 Å². The molecule has 0 amide bonds. The Kier molecular flexibility index (Phi) is 9.46. The quantitative estimate of drug-likeness (QED) is 0.290. The van der Waals surface area contributed by atoms with Crippen LogP contribution in [0.2, 0.25) is 0 Å². The topological polar surface area (TPSA) is 112 Å². The van der Waals surface area contributed by atoms with Crippen molar-refractivity contribution in [2.75, 3.05) is 42.0 Å². The van der Waals surface area contributed by atoms with Gasteiger partial charge >= 0.3 is 0 Å². The summed E-state index contributed by atoms with van der Waals surface area (Å²) in [4.78, 5) is 17.6. The molecule has 2 aromatic heterocycles. The minimum atomic E-state index is -3.66. The summed E-state index contributed by atoms with van der Waals surface area (Å²) in [5.74, 6) is -0.191. The Morgan fingerprint density at radius 1 is 1.10 bits per heavy atom. The molecule has 0 aliphatic carbocycles. The fourth-order valence-electron chi connectivity index (χ4n) is 5.60. The number of aromatic nitrogens is 3. The second kappa shape index (κ2) is 12.9. The standard InChI is InChI=1S/C30H42FN7O2S2/c1-5-19-42(39,40)37-23-8-6-7-22(25(23)31)26-27(41-28(36-26)30(2,3)4)24-11-16-33-29(35-24)34-20-12-17-38(18-13-20)21-9-14-32-15-10-21/h6-8,11,16,20-21,32,37H,5,9-10,12-15,17-19H2,1-4H3,(H,33,34,35). The van der Waals surface area contributed by atoms with Gasteiger partial charge in [-0.3, -0.25) is 4.72 Å². The van der Waals surface area contributed by atoms with Crippen molar-refractivity contribution in [3.63, 3.8) is 0 Å². The second-order valence-electron chi connectivity index (χ2n) is 12.2. The van der Waals surface area contributed by atoms with Gasteiger partial charge in [-0.25, -0.2) is 27.8 Å². The predicted molar refractivity (Wildman–Crippen MR) is 169 cm³/mol. The lowest BCUT2D eigenvalue weighted by atomic mass is 9.98. The van der Waals surface area contributed by atoms with E-state index in [4.69, 9.17) is 9.97 Å². The van der Waals surface area contributed by atoms with E-state index in [0.29, 0.717) is 29.8 Å². The number of anilines is 2. The van der Waals surface area contributed by atoms with Crippen molar-refractivity contribution >= 4 is 33.0 Å². The summed E-state index contributed by atoms with van der Waals surface area (Å²) in [6.45, 7) is 12.3. The second-order valence-corrected chi connectivity index (χ2v) is 15.1. The number of sulfonamides is 1. The van der Waals surface area contributed by atoms with Crippen LogP contribution in [0.3, 0.4) is 0 Å². The van der Waals surface area contributed by atoms with E-state index in [1.165, 1.54) is 30.2 Å². The van der Waals surface area contributed by atoms with Gasteiger partial charge in [-0.05, 0) is 63.4 Å². The zero-order valence-corrected chi connectivity index (χ0v) is 26.5. The van der Waals surface area contributed by atoms with Gasteiger partial charge in [0.2, 0.25) is 16.0 Å². The number of thiazole rings is 1. The molecule has 0 unspecified atom stereocenters. The SMILES string of the molecule is CCCS(=O)(=O)Nc1cccc(-c2nc(C(C)(C)C)sc2-c2ccnc(NC3CCN(C4CCNCC4)CC3)n2)c1F. The lowest BCUT2D eigenvalue weighted by Crippen LogP contribution is -2.48. The van der Waals surface area contributed by atoms with Gasteiger partial charge in [0.15, 0.2) is 5.82 Å². The normalized spacial score (nSPS) is 17.8. The molecular weight excluding hydrogens is 574 g/mol. The number of hydrogen-bond acceptors (Lipinski definition) is 9. The van der Waals surface area contributed by atoms with Crippen molar-refractivity contribution in [1.82, 2.24) is 25.2 Å². The summed E-state index contributed by atoms with van der Waals surface area (Å²) in [5.41, 5.74) is 0.966. The van der Waals surface area contributed by atoms with Crippen LogP contribution in [-0.4, -0.2) is 72.3 Å². The van der Waals surface area contributed by atoms with Gasteiger partial charge in [-0.1, -0.05) is 33.8 Å². The van der Waals surface area contributed by atoms with Crippen molar-refractivity contribution in [2.45, 2.75) is 77.3 Å². The van der Waals surface area contributed by atoms with Crippen molar-refractivity contribution in [3.05, 3.63) is 41.3 Å². The van der Waals surface area contributed by atoms with Crippen LogP contribution in [0.4, 0.5) is 16.0 Å². The first-order chi connectivity index (χ1) is 20.0. The molecule has 2 aliphatic heterocycles. The Labute approximate surface area is 252 Å². The summed E-state index contributed by atoms with van der Waals surface area (Å²) in [6.07, 6.45) is 6.65. The Hall–Kier alpha value is -2.67. The fourth-order valence-corrected chi connectivity index (χ4v) is 7.84. The lowest BCUT2D eigenvalue weighted by Gasteiger charge is -2.39. The van der Waals surface area contributed by atoms with Crippen LogP contribution < -0.4 is 15.4 Å². The van der Waals surface area contributed by atoms with Crippen LogP contribution in [0.5, 0.6) is 0 Å². The maximum Gasteiger partial charge on any atom is 0.232 e. The molecule has 1 aromatic carbocycles. The van der Waals surface area contributed by atoms with Gasteiger partial charge < -0.3 is 15.5 Å². The molecule has 0 saturated carbocycles. The van der Waals surface area contributed by atoms with Crippen molar-refractivity contribution in [1.29, 1.82) is 0 Å². The molecule has 12 heteroatoms. The number of nitrogens with zero attached hydrogens (tertiary/aromatic N) is 4. The third-order valence-electron chi connectivity index (χ3n) is 7.84. The smallest absolute Gasteiger partial charge is 0.232 e. The fraction of sp³-hybridized carbons (Fsp3) is 0.567. The van der Waals surface area contributed by atoms with Crippen LogP contribution in [0.1, 0.15) is 64.8 Å². The minimum absolute atomic E-state index is 0.0827. The number of nitrogens with one attached hydrogen (secondary N) is 3. The molecule has 0 atom stereocenters. The van der Waals surface area contributed by atoms with E-state index in [2.05, 4.69) is 46.0 Å². The zero-order chi connectivity index (χ0) is 29.9. The van der Waals surface area contributed by atoms with Crippen LogP contribution >= 0.6 is 11.3 Å². The maximum absolute atomic E-state index is 15.9. The molecule has 228 valence electrons. The predicted octanol–water partition coefficient (Wildman–Crippen LogP) is 5.48. The highest BCUT2D eigenvalue weighted by Crippen LogP contribution is 2.42. The van der Waals surface area contributed by atoms with E-state index >= 15 is 4.39 Å². The monoisotopic (exact) mass is 615 g/mol.